The summed E-state index contributed by atoms with van der Waals surface area (Å²) >= 11 is 3.56. The number of unbranched alkanes of at least 4 members (excludes halogenated alkanes) is 2. The minimum absolute atomic E-state index is 0.327. The molecule has 2 aromatic rings. The molecule has 33 heavy (non-hydrogen) atoms. The normalized spacial score (nSPS) is 13.7. The van der Waals surface area contributed by atoms with Gasteiger partial charge in [-0.05, 0) is 74.0 Å². The molecule has 3 rings (SSSR count). The Morgan fingerprint density at radius 2 is 1.97 bits per heavy atom. The first-order chi connectivity index (χ1) is 16.1. The van der Waals surface area contributed by atoms with E-state index in [1.807, 2.05) is 24.1 Å². The average Bonchev–Trinajstić information content (AvgIpc) is 3.22. The van der Waals surface area contributed by atoms with Crippen molar-refractivity contribution >= 4 is 40.5 Å². The summed E-state index contributed by atoms with van der Waals surface area (Å²) < 4.78 is 1.14. The van der Waals surface area contributed by atoms with Gasteiger partial charge in [0.2, 0.25) is 0 Å². The van der Waals surface area contributed by atoms with E-state index in [2.05, 4.69) is 45.1 Å². The maximum Gasteiger partial charge on any atom is 0.150 e. The van der Waals surface area contributed by atoms with Crippen LogP contribution in [0.3, 0.4) is 0 Å². The maximum atomic E-state index is 11.7. The first kappa shape index (κ1) is 25.3. The summed E-state index contributed by atoms with van der Waals surface area (Å²) in [5.41, 5.74) is 5.63. The molecule has 6 heteroatoms. The summed E-state index contributed by atoms with van der Waals surface area (Å²) in [4.78, 5) is 38.3. The van der Waals surface area contributed by atoms with E-state index in [0.717, 1.165) is 74.1 Å². The number of anilines is 1. The monoisotopic (exact) mass is 512 g/mol. The molecule has 5 nitrogen and oxygen atoms in total. The molecule has 1 unspecified atom stereocenters. The maximum absolute atomic E-state index is 11.7. The zero-order valence-corrected chi connectivity index (χ0v) is 20.9. The molecule has 0 bridgehead atoms. The van der Waals surface area contributed by atoms with Crippen LogP contribution in [0.5, 0.6) is 0 Å². The molecule has 0 saturated heterocycles. The molecular weight excluding hydrogens is 480 g/mol. The van der Waals surface area contributed by atoms with Crippen LogP contribution in [0.15, 0.2) is 40.9 Å². The molecule has 0 amide bonds. The zero-order chi connectivity index (χ0) is 23.6. The highest BCUT2D eigenvalue weighted by Gasteiger charge is 2.19. The molecule has 1 aliphatic heterocycles. The molecule has 2 aromatic carbocycles. The van der Waals surface area contributed by atoms with E-state index in [1.165, 1.54) is 16.8 Å². The van der Waals surface area contributed by atoms with Crippen LogP contribution in [0.1, 0.15) is 59.2 Å². The second kappa shape index (κ2) is 12.8. The van der Waals surface area contributed by atoms with Gasteiger partial charge >= 0.3 is 0 Å². The van der Waals surface area contributed by atoms with Crippen molar-refractivity contribution in [2.75, 3.05) is 25.0 Å². The van der Waals surface area contributed by atoms with Crippen LogP contribution in [0.4, 0.5) is 5.69 Å². The fourth-order valence-electron chi connectivity index (χ4n) is 4.66. The van der Waals surface area contributed by atoms with Crippen LogP contribution >= 0.6 is 15.9 Å². The lowest BCUT2D eigenvalue weighted by Crippen LogP contribution is -2.33. The third-order valence-electron chi connectivity index (χ3n) is 6.55. The van der Waals surface area contributed by atoms with Crippen molar-refractivity contribution < 1.29 is 14.4 Å². The lowest BCUT2D eigenvalue weighted by molar-refractivity contribution is -0.113. The Labute approximate surface area is 205 Å². The summed E-state index contributed by atoms with van der Waals surface area (Å²) in [5.74, 6) is 0. The molecule has 0 aromatic heterocycles. The van der Waals surface area contributed by atoms with Gasteiger partial charge in [0.1, 0.15) is 18.9 Å². The van der Waals surface area contributed by atoms with Crippen molar-refractivity contribution in [3.63, 3.8) is 0 Å². The second-order valence-corrected chi connectivity index (χ2v) is 9.70. The van der Waals surface area contributed by atoms with Crippen molar-refractivity contribution in [1.82, 2.24) is 4.90 Å². The van der Waals surface area contributed by atoms with E-state index in [0.29, 0.717) is 24.9 Å². The lowest BCUT2D eigenvalue weighted by atomic mass is 9.96. The molecule has 0 saturated carbocycles. The van der Waals surface area contributed by atoms with Crippen molar-refractivity contribution in [2.24, 2.45) is 0 Å². The number of aldehydes is 3. The number of halogens is 1. The van der Waals surface area contributed by atoms with E-state index in [4.69, 9.17) is 0 Å². The van der Waals surface area contributed by atoms with Crippen molar-refractivity contribution in [1.29, 1.82) is 0 Å². The van der Waals surface area contributed by atoms with Crippen LogP contribution in [0.25, 0.3) is 0 Å². The number of carbonyl (C=O) groups is 3. The van der Waals surface area contributed by atoms with Gasteiger partial charge in [0.15, 0.2) is 0 Å². The molecule has 0 radical (unpaired) electrons. The number of hydrogen-bond acceptors (Lipinski definition) is 5. The number of rotatable bonds is 14. The second-order valence-electron chi connectivity index (χ2n) is 8.79. The number of hydrogen-bond donors (Lipinski definition) is 0. The van der Waals surface area contributed by atoms with Gasteiger partial charge in [-0.3, -0.25) is 9.69 Å². The fourth-order valence-corrected chi connectivity index (χ4v) is 5.06. The Balaban J connectivity index is 1.54. The first-order valence-electron chi connectivity index (χ1n) is 11.8. The van der Waals surface area contributed by atoms with Gasteiger partial charge in [-0.2, -0.15) is 0 Å². The first-order valence-corrected chi connectivity index (χ1v) is 12.5. The fraction of sp³-hybridized carbons (Fsp3) is 0.444. The topological polar surface area (TPSA) is 57.7 Å². The van der Waals surface area contributed by atoms with Crippen LogP contribution in [-0.2, 0) is 29.0 Å². The van der Waals surface area contributed by atoms with Crippen molar-refractivity contribution in [3.05, 3.63) is 63.1 Å². The van der Waals surface area contributed by atoms with Crippen molar-refractivity contribution in [2.45, 2.75) is 57.5 Å². The Morgan fingerprint density at radius 3 is 2.73 bits per heavy atom. The van der Waals surface area contributed by atoms with Gasteiger partial charge in [0.05, 0.1) is 6.04 Å². The molecule has 0 spiro atoms. The Kier molecular flexibility index (Phi) is 9.82. The highest BCUT2D eigenvalue weighted by Crippen LogP contribution is 2.30. The number of benzene rings is 2. The predicted molar refractivity (Wildman–Crippen MR) is 136 cm³/mol. The summed E-state index contributed by atoms with van der Waals surface area (Å²) in [6.45, 7) is 2.68. The van der Waals surface area contributed by atoms with E-state index in [1.54, 1.807) is 0 Å². The molecule has 1 heterocycles. The summed E-state index contributed by atoms with van der Waals surface area (Å²) in [6.07, 6.45) is 8.83. The predicted octanol–water partition coefficient (Wildman–Crippen LogP) is 5.02. The Morgan fingerprint density at radius 1 is 1.12 bits per heavy atom. The van der Waals surface area contributed by atoms with Gasteiger partial charge < -0.3 is 14.5 Å². The van der Waals surface area contributed by atoms with Crippen molar-refractivity contribution in [3.8, 4) is 0 Å². The van der Waals surface area contributed by atoms with E-state index in [-0.39, 0.29) is 6.04 Å². The summed E-state index contributed by atoms with van der Waals surface area (Å²) in [5, 5.41) is 0. The third-order valence-corrected chi connectivity index (χ3v) is 7.05. The lowest BCUT2D eigenvalue weighted by Gasteiger charge is -2.25. The van der Waals surface area contributed by atoms with Gasteiger partial charge in [0.25, 0.3) is 0 Å². The minimum Gasteiger partial charge on any atom is -0.371 e. The third kappa shape index (κ3) is 6.84. The van der Waals surface area contributed by atoms with E-state index < -0.39 is 0 Å². The zero-order valence-electron chi connectivity index (χ0n) is 19.3. The van der Waals surface area contributed by atoms with Gasteiger partial charge in [-0.1, -0.05) is 40.5 Å². The molecule has 1 atom stereocenters. The van der Waals surface area contributed by atoms with Gasteiger partial charge in [-0.15, -0.1) is 0 Å². The van der Waals surface area contributed by atoms with Crippen LogP contribution in [0.2, 0.25) is 0 Å². The van der Waals surface area contributed by atoms with E-state index in [9.17, 15) is 14.4 Å². The number of carbonyl (C=O) groups excluding carboxylic acids is 3. The highest BCUT2D eigenvalue weighted by molar-refractivity contribution is 9.10. The average molecular weight is 513 g/mol. The summed E-state index contributed by atoms with van der Waals surface area (Å²) in [7, 11) is 1.88. The molecule has 0 N–H and O–H groups in total. The SMILES string of the molecule is CN(Cc1c(C=O)cccc1CCCCCN1CCc2cc(Br)ccc21)C(C=O)CCC=O. The van der Waals surface area contributed by atoms with Crippen LogP contribution in [-0.4, -0.2) is 49.9 Å². The smallest absolute Gasteiger partial charge is 0.150 e. The van der Waals surface area contributed by atoms with E-state index >= 15 is 0 Å². The highest BCUT2D eigenvalue weighted by atomic mass is 79.9. The number of fused-ring (bicyclic) bond motifs is 1. The Hall–Kier alpha value is -2.31. The Bertz CT molecular complexity index is 962. The molecule has 176 valence electrons. The quantitative estimate of drug-likeness (QED) is 0.263. The standard InChI is InChI=1S/C27H33BrN2O3/c1-29(25(20-33)10-6-16-31)18-26-21(8-5-9-23(26)19-32)7-3-2-4-14-30-15-13-22-17-24(28)11-12-27(22)30/h5,8-9,11-12,16-17,19-20,25H,2-4,6-7,10,13-15,18H2,1H3. The number of aryl methyl sites for hydroxylation is 1. The minimum atomic E-state index is -0.327. The molecule has 0 fully saturated rings. The number of likely N-dealkylation sites (N-methyl/N-ethyl adjacent to an activating group) is 1. The molecule has 0 aliphatic carbocycles. The van der Waals surface area contributed by atoms with Gasteiger partial charge in [0, 0.05) is 41.8 Å². The largest absolute Gasteiger partial charge is 0.371 e. The molecular formula is C27H33BrN2O3. The number of nitrogens with zero attached hydrogens (tertiary/aromatic N) is 2. The molecule has 1 aliphatic rings. The van der Waals surface area contributed by atoms with Crippen LogP contribution in [0, 0.1) is 0 Å². The summed E-state index contributed by atoms with van der Waals surface area (Å²) in [6, 6.07) is 12.1. The van der Waals surface area contributed by atoms with Gasteiger partial charge in [-0.25, -0.2) is 0 Å². The van der Waals surface area contributed by atoms with Crippen LogP contribution < -0.4 is 4.90 Å².